The number of rotatable bonds is 0. The molecule has 0 saturated carbocycles. The summed E-state index contributed by atoms with van der Waals surface area (Å²) in [4.78, 5) is 12.7. The Bertz CT molecular complexity index is 651. The Kier molecular flexibility index (Phi) is 1.79. The molecule has 0 aliphatic carbocycles. The number of aromatic nitrogens is 3. The Balaban J connectivity index is 2.57. The van der Waals surface area contributed by atoms with Crippen molar-refractivity contribution in [3.05, 3.63) is 41.8 Å². The van der Waals surface area contributed by atoms with Crippen LogP contribution in [0.25, 0.3) is 21.9 Å². The molecule has 0 spiro atoms. The number of halogens is 1. The van der Waals surface area contributed by atoms with Gasteiger partial charge in [-0.2, -0.15) is 0 Å². The van der Waals surface area contributed by atoms with Gasteiger partial charge in [-0.3, -0.25) is 9.97 Å². The van der Waals surface area contributed by atoms with E-state index in [1.807, 2.05) is 24.3 Å². The smallest absolute Gasteiger partial charge is 0.148 e. The Morgan fingerprint density at radius 2 is 1.87 bits per heavy atom. The van der Waals surface area contributed by atoms with Crippen LogP contribution in [0, 0.1) is 0 Å². The first kappa shape index (κ1) is 8.56. The monoisotopic (exact) mass is 215 g/mol. The van der Waals surface area contributed by atoms with E-state index < -0.39 is 0 Å². The van der Waals surface area contributed by atoms with Crippen molar-refractivity contribution >= 4 is 33.5 Å². The zero-order valence-corrected chi connectivity index (χ0v) is 8.44. The van der Waals surface area contributed by atoms with Gasteiger partial charge in [0.1, 0.15) is 5.15 Å². The highest BCUT2D eigenvalue weighted by atomic mass is 35.5. The molecule has 0 unspecified atom stereocenters. The van der Waals surface area contributed by atoms with Crippen LogP contribution in [0.2, 0.25) is 5.15 Å². The van der Waals surface area contributed by atoms with Crippen LogP contribution in [-0.2, 0) is 0 Å². The van der Waals surface area contributed by atoms with Gasteiger partial charge in [0.2, 0.25) is 0 Å². The lowest BCUT2D eigenvalue weighted by molar-refractivity contribution is 1.30. The number of benzene rings is 1. The first-order valence-corrected chi connectivity index (χ1v) is 4.88. The minimum Gasteiger partial charge on any atom is -0.256 e. The van der Waals surface area contributed by atoms with Gasteiger partial charge < -0.3 is 0 Å². The summed E-state index contributed by atoms with van der Waals surface area (Å²) >= 11 is 5.83. The van der Waals surface area contributed by atoms with E-state index in [1.54, 1.807) is 12.4 Å². The second-order valence-corrected chi connectivity index (χ2v) is 3.58. The third-order valence-corrected chi connectivity index (χ3v) is 2.45. The fourth-order valence-corrected chi connectivity index (χ4v) is 1.74. The molecule has 15 heavy (non-hydrogen) atoms. The van der Waals surface area contributed by atoms with Crippen LogP contribution in [0.4, 0.5) is 0 Å². The third kappa shape index (κ3) is 1.32. The van der Waals surface area contributed by atoms with E-state index in [0.717, 1.165) is 21.9 Å². The largest absolute Gasteiger partial charge is 0.256 e. The highest BCUT2D eigenvalue weighted by Gasteiger charge is 2.03. The highest BCUT2D eigenvalue weighted by Crippen LogP contribution is 2.21. The van der Waals surface area contributed by atoms with E-state index in [2.05, 4.69) is 15.0 Å². The number of nitrogens with zero attached hydrogens (tertiary/aromatic N) is 3. The molecular weight excluding hydrogens is 210 g/mol. The molecular formula is C11H6ClN3. The fraction of sp³-hybridized carbons (Fsp3) is 0. The normalized spacial score (nSPS) is 11.0. The zero-order chi connectivity index (χ0) is 10.3. The molecule has 0 aliphatic rings. The number of fused-ring (bicyclic) bond motifs is 3. The maximum absolute atomic E-state index is 5.83. The summed E-state index contributed by atoms with van der Waals surface area (Å²) in [5, 5.41) is 1.38. The van der Waals surface area contributed by atoms with Crippen molar-refractivity contribution in [3.8, 4) is 0 Å². The highest BCUT2D eigenvalue weighted by molar-refractivity contribution is 6.29. The molecule has 2 aromatic heterocycles. The van der Waals surface area contributed by atoms with E-state index in [-0.39, 0.29) is 0 Å². The Morgan fingerprint density at radius 1 is 1.00 bits per heavy atom. The first-order chi connectivity index (χ1) is 7.34. The minimum atomic E-state index is 0.402. The minimum absolute atomic E-state index is 0.402. The van der Waals surface area contributed by atoms with Gasteiger partial charge >= 0.3 is 0 Å². The molecule has 2 heterocycles. The van der Waals surface area contributed by atoms with Gasteiger partial charge in [0, 0.05) is 11.6 Å². The van der Waals surface area contributed by atoms with Crippen LogP contribution >= 0.6 is 11.6 Å². The summed E-state index contributed by atoms with van der Waals surface area (Å²) in [7, 11) is 0. The number of pyridine rings is 1. The van der Waals surface area contributed by atoms with Gasteiger partial charge in [-0.15, -0.1) is 0 Å². The van der Waals surface area contributed by atoms with Gasteiger partial charge in [0.15, 0.2) is 0 Å². The van der Waals surface area contributed by atoms with Crippen molar-refractivity contribution < 1.29 is 0 Å². The molecule has 72 valence electrons. The molecule has 0 bridgehead atoms. The number of hydrogen-bond donors (Lipinski definition) is 0. The summed E-state index contributed by atoms with van der Waals surface area (Å²) in [5.41, 5.74) is 2.54. The van der Waals surface area contributed by atoms with Crippen molar-refractivity contribution in [2.24, 2.45) is 0 Å². The summed E-state index contributed by atoms with van der Waals surface area (Å²) in [6.07, 6.45) is 3.30. The lowest BCUT2D eigenvalue weighted by atomic mass is 10.2. The molecule has 0 fully saturated rings. The molecule has 0 aliphatic heterocycles. The average Bonchev–Trinajstić information content (AvgIpc) is 2.29. The quantitative estimate of drug-likeness (QED) is 0.542. The van der Waals surface area contributed by atoms with E-state index >= 15 is 0 Å². The van der Waals surface area contributed by atoms with Crippen molar-refractivity contribution in [3.63, 3.8) is 0 Å². The predicted octanol–water partition coefficient (Wildman–Crippen LogP) is 2.83. The van der Waals surface area contributed by atoms with Gasteiger partial charge in [-0.05, 0) is 24.3 Å². The van der Waals surface area contributed by atoms with Crippen LogP contribution in [0.3, 0.4) is 0 Å². The van der Waals surface area contributed by atoms with Crippen molar-refractivity contribution in [2.75, 3.05) is 0 Å². The average molecular weight is 216 g/mol. The van der Waals surface area contributed by atoms with E-state index in [0.29, 0.717) is 5.15 Å². The lowest BCUT2D eigenvalue weighted by Crippen LogP contribution is -1.87. The summed E-state index contributed by atoms with van der Waals surface area (Å²) in [6, 6.07) is 7.67. The molecule has 1 aromatic carbocycles. The summed E-state index contributed by atoms with van der Waals surface area (Å²) in [6.45, 7) is 0. The molecule has 0 atom stereocenters. The number of hydrogen-bond acceptors (Lipinski definition) is 3. The molecule has 0 radical (unpaired) electrons. The molecule has 3 aromatic rings. The van der Waals surface area contributed by atoms with E-state index in [4.69, 9.17) is 11.6 Å². The van der Waals surface area contributed by atoms with Crippen molar-refractivity contribution in [1.82, 2.24) is 15.0 Å². The molecule has 0 N–H and O–H groups in total. The maximum atomic E-state index is 5.83. The third-order valence-electron chi connectivity index (χ3n) is 2.26. The Hall–Kier alpha value is -1.74. The maximum Gasteiger partial charge on any atom is 0.148 e. The van der Waals surface area contributed by atoms with Crippen molar-refractivity contribution in [2.45, 2.75) is 0 Å². The first-order valence-electron chi connectivity index (χ1n) is 4.50. The van der Waals surface area contributed by atoms with Crippen LogP contribution in [0.1, 0.15) is 0 Å². The van der Waals surface area contributed by atoms with Crippen LogP contribution in [0.5, 0.6) is 0 Å². The van der Waals surface area contributed by atoms with Crippen LogP contribution in [-0.4, -0.2) is 15.0 Å². The Labute approximate surface area is 90.8 Å². The summed E-state index contributed by atoms with van der Waals surface area (Å²) < 4.78 is 0. The molecule has 3 nitrogen and oxygen atoms in total. The van der Waals surface area contributed by atoms with Crippen LogP contribution in [0.15, 0.2) is 36.7 Å². The van der Waals surface area contributed by atoms with Gasteiger partial charge in [0.05, 0.1) is 22.7 Å². The van der Waals surface area contributed by atoms with Gasteiger partial charge in [-0.1, -0.05) is 11.6 Å². The molecule has 0 amide bonds. The molecule has 4 heteroatoms. The standard InChI is InChI=1S/C11H6ClN3/c12-10-6-14-9-4-3-8-7(11(9)15-10)2-1-5-13-8/h1-6H. The van der Waals surface area contributed by atoms with E-state index in [9.17, 15) is 0 Å². The zero-order valence-electron chi connectivity index (χ0n) is 7.68. The van der Waals surface area contributed by atoms with Crippen LogP contribution < -0.4 is 0 Å². The molecule has 3 rings (SSSR count). The second kappa shape index (κ2) is 3.14. The Morgan fingerprint density at radius 3 is 2.80 bits per heavy atom. The predicted molar refractivity (Wildman–Crippen MR) is 59.8 cm³/mol. The fourth-order valence-electron chi connectivity index (χ4n) is 1.61. The topological polar surface area (TPSA) is 38.7 Å². The van der Waals surface area contributed by atoms with Gasteiger partial charge in [0.25, 0.3) is 0 Å². The second-order valence-electron chi connectivity index (χ2n) is 3.20. The summed E-state index contributed by atoms with van der Waals surface area (Å²) in [5.74, 6) is 0. The lowest BCUT2D eigenvalue weighted by Gasteiger charge is -2.01. The van der Waals surface area contributed by atoms with E-state index in [1.165, 1.54) is 0 Å². The van der Waals surface area contributed by atoms with Gasteiger partial charge in [-0.25, -0.2) is 4.98 Å². The van der Waals surface area contributed by atoms with Crippen molar-refractivity contribution in [1.29, 1.82) is 0 Å². The molecule has 0 saturated heterocycles. The SMILES string of the molecule is Clc1cnc2ccc3ncccc3c2n1.